The number of phenols is 1. The summed E-state index contributed by atoms with van der Waals surface area (Å²) < 4.78 is 36.5. The average molecular weight is 680 g/mol. The molecule has 2 heterocycles. The lowest BCUT2D eigenvalue weighted by Crippen LogP contribution is -2.11. The maximum absolute atomic E-state index is 11.2. The lowest BCUT2D eigenvalue weighted by Gasteiger charge is -2.22. The number of phenolic OH excluding ortho intramolecular Hbond substituents is 1. The number of para-hydroxylation sites is 2. The zero-order chi connectivity index (χ0) is 39.5. The first-order valence-corrected chi connectivity index (χ1v) is 17.5. The van der Waals surface area contributed by atoms with Gasteiger partial charge in [0.1, 0.15) is 11.6 Å². The van der Waals surface area contributed by atoms with Crippen LogP contribution in [0.4, 0.5) is 0 Å². The van der Waals surface area contributed by atoms with Crippen molar-refractivity contribution >= 4 is 11.0 Å². The van der Waals surface area contributed by atoms with Crippen LogP contribution < -0.4 is 0 Å². The van der Waals surface area contributed by atoms with Gasteiger partial charge in [0.05, 0.1) is 33.5 Å². The van der Waals surface area contributed by atoms with Crippen LogP contribution in [0.1, 0.15) is 42.9 Å². The monoisotopic (exact) mass is 679 g/mol. The van der Waals surface area contributed by atoms with Crippen LogP contribution in [-0.4, -0.2) is 19.6 Å². The number of aryl methyl sites for hydroxylation is 1. The fraction of sp³-hybridized carbons (Fsp3) is 0.125. The number of aromatic hydroxyl groups is 1. The van der Waals surface area contributed by atoms with Crippen LogP contribution in [0.2, 0.25) is 0 Å². The Kier molecular flexibility index (Phi) is 7.18. The molecule has 0 fully saturated rings. The number of benzene rings is 6. The quantitative estimate of drug-likeness (QED) is 0.190. The molecular weight excluding hydrogens is 635 g/mol. The zero-order valence-electron chi connectivity index (χ0n) is 33.9. The molecule has 2 aromatic heterocycles. The Balaban J connectivity index is 1.38. The zero-order valence-corrected chi connectivity index (χ0v) is 29.9. The minimum absolute atomic E-state index is 0.0476. The summed E-state index contributed by atoms with van der Waals surface area (Å²) in [5.74, 6) is 0.753. The Morgan fingerprint density at radius 1 is 0.596 bits per heavy atom. The standard InChI is InChI=1S/C48H41N3O/c1-31-18-21-33(22-19-31)35-24-25-49-42(30-35)37-27-36(28-38(29-37)48(3,4)5)39-15-11-16-44-46(39)50-47(40-14-9-10-17-45(40)52)51(44)43-23-20-32(2)26-41(43)34-12-7-6-8-13-34/h6-30,52H,1-5H3/i18D,19D,21D,22D. The fourth-order valence-electron chi connectivity index (χ4n) is 6.74. The van der Waals surface area contributed by atoms with Crippen LogP contribution in [-0.2, 0) is 5.41 Å². The third-order valence-electron chi connectivity index (χ3n) is 9.51. The van der Waals surface area contributed by atoms with Gasteiger partial charge in [0, 0.05) is 22.9 Å². The van der Waals surface area contributed by atoms with E-state index in [1.165, 1.54) is 0 Å². The van der Waals surface area contributed by atoms with Crippen molar-refractivity contribution in [3.8, 4) is 67.5 Å². The number of hydrogen-bond donors (Lipinski definition) is 1. The number of pyridine rings is 1. The van der Waals surface area contributed by atoms with Crippen LogP contribution in [0.25, 0.3) is 72.7 Å². The highest BCUT2D eigenvalue weighted by Crippen LogP contribution is 2.41. The lowest BCUT2D eigenvalue weighted by atomic mass is 9.83. The molecule has 6 aromatic carbocycles. The second-order valence-electron chi connectivity index (χ2n) is 14.3. The van der Waals surface area contributed by atoms with Crippen molar-refractivity contribution in [3.05, 3.63) is 168 Å². The van der Waals surface area contributed by atoms with Gasteiger partial charge in [-0.1, -0.05) is 123 Å². The van der Waals surface area contributed by atoms with Crippen molar-refractivity contribution in [3.63, 3.8) is 0 Å². The Morgan fingerprint density at radius 3 is 2.10 bits per heavy atom. The molecule has 0 aliphatic carbocycles. The molecule has 52 heavy (non-hydrogen) atoms. The van der Waals surface area contributed by atoms with Crippen molar-refractivity contribution in [2.24, 2.45) is 0 Å². The highest BCUT2D eigenvalue weighted by molar-refractivity contribution is 5.97. The number of hydrogen-bond acceptors (Lipinski definition) is 3. The number of nitrogens with zero attached hydrogens (tertiary/aromatic N) is 3. The Labute approximate surface area is 311 Å². The van der Waals surface area contributed by atoms with E-state index in [0.717, 1.165) is 55.7 Å². The maximum Gasteiger partial charge on any atom is 0.149 e. The van der Waals surface area contributed by atoms with E-state index in [1.54, 1.807) is 25.3 Å². The van der Waals surface area contributed by atoms with Gasteiger partial charge in [0.25, 0.3) is 0 Å². The van der Waals surface area contributed by atoms with Gasteiger partial charge in [-0.05, 0) is 102 Å². The molecule has 0 unspecified atom stereocenters. The molecule has 4 heteroatoms. The van der Waals surface area contributed by atoms with Gasteiger partial charge in [-0.15, -0.1) is 0 Å². The third-order valence-corrected chi connectivity index (χ3v) is 9.51. The van der Waals surface area contributed by atoms with Gasteiger partial charge < -0.3 is 5.11 Å². The molecule has 0 amide bonds. The van der Waals surface area contributed by atoms with Crippen molar-refractivity contribution in [2.45, 2.75) is 40.0 Å². The summed E-state index contributed by atoms with van der Waals surface area (Å²) in [6.07, 6.45) is 1.66. The first-order valence-electron chi connectivity index (χ1n) is 19.5. The van der Waals surface area contributed by atoms with E-state index < -0.39 is 0 Å². The summed E-state index contributed by atoms with van der Waals surface area (Å²) in [6, 6.07) is 40.0. The summed E-state index contributed by atoms with van der Waals surface area (Å²) in [5.41, 5.74) is 11.8. The van der Waals surface area contributed by atoms with Crippen molar-refractivity contribution < 1.29 is 10.6 Å². The third kappa shape index (κ3) is 6.18. The number of rotatable bonds is 6. The summed E-state index contributed by atoms with van der Waals surface area (Å²) >= 11 is 0. The van der Waals surface area contributed by atoms with E-state index in [0.29, 0.717) is 28.2 Å². The maximum atomic E-state index is 11.2. The second kappa shape index (κ2) is 13.1. The van der Waals surface area contributed by atoms with Crippen LogP contribution in [0.3, 0.4) is 0 Å². The molecule has 0 saturated heterocycles. The van der Waals surface area contributed by atoms with Crippen LogP contribution in [0.5, 0.6) is 5.75 Å². The van der Waals surface area contributed by atoms with Crippen molar-refractivity contribution in [1.29, 1.82) is 0 Å². The highest BCUT2D eigenvalue weighted by Gasteiger charge is 2.23. The molecule has 4 nitrogen and oxygen atoms in total. The van der Waals surface area contributed by atoms with E-state index in [9.17, 15) is 5.11 Å². The molecule has 1 N–H and O–H groups in total. The van der Waals surface area contributed by atoms with Gasteiger partial charge in [0.15, 0.2) is 0 Å². The van der Waals surface area contributed by atoms with E-state index in [2.05, 4.69) is 92.9 Å². The van der Waals surface area contributed by atoms with Crippen LogP contribution >= 0.6 is 0 Å². The molecule has 0 atom stereocenters. The summed E-state index contributed by atoms with van der Waals surface area (Å²) in [7, 11) is 0. The molecule has 8 rings (SSSR count). The van der Waals surface area contributed by atoms with E-state index >= 15 is 0 Å². The topological polar surface area (TPSA) is 50.9 Å². The predicted molar refractivity (Wildman–Crippen MR) is 216 cm³/mol. The summed E-state index contributed by atoms with van der Waals surface area (Å²) in [6.45, 7) is 10.2. The van der Waals surface area contributed by atoms with E-state index in [1.807, 2.05) is 48.5 Å². The van der Waals surface area contributed by atoms with Crippen LogP contribution in [0.15, 0.2) is 152 Å². The molecule has 254 valence electrons. The largest absolute Gasteiger partial charge is 0.507 e. The second-order valence-corrected chi connectivity index (χ2v) is 14.3. The van der Waals surface area contributed by atoms with E-state index in [4.69, 9.17) is 15.5 Å². The van der Waals surface area contributed by atoms with Crippen molar-refractivity contribution in [2.75, 3.05) is 0 Å². The minimum Gasteiger partial charge on any atom is -0.507 e. The van der Waals surface area contributed by atoms with Gasteiger partial charge in [-0.2, -0.15) is 0 Å². The molecule has 0 radical (unpaired) electrons. The molecule has 0 saturated carbocycles. The molecule has 0 aliphatic heterocycles. The highest BCUT2D eigenvalue weighted by atomic mass is 16.3. The molecule has 8 aromatic rings. The van der Waals surface area contributed by atoms with Crippen LogP contribution in [0, 0.1) is 13.8 Å². The number of aromatic nitrogens is 3. The normalized spacial score (nSPS) is 12.7. The Morgan fingerprint density at radius 2 is 1.33 bits per heavy atom. The molecule has 0 spiro atoms. The summed E-state index contributed by atoms with van der Waals surface area (Å²) in [4.78, 5) is 10.1. The Bertz CT molecular complexity index is 2790. The van der Waals surface area contributed by atoms with Crippen molar-refractivity contribution in [1.82, 2.24) is 14.5 Å². The van der Waals surface area contributed by atoms with E-state index in [-0.39, 0.29) is 40.9 Å². The SMILES string of the molecule is [2H]c1c([2H])c(-c2ccnc(-c3cc(-c4cccc5c4nc(-c4ccccc4O)n5-c4ccc(C)cc4-c4ccccc4)cc(C(C)(C)C)c3)c2)c([2H])c([2H])c1C. The molecule has 0 bridgehead atoms. The number of imidazole rings is 1. The van der Waals surface area contributed by atoms with Gasteiger partial charge >= 0.3 is 0 Å². The fourth-order valence-corrected chi connectivity index (χ4v) is 6.74. The first-order chi connectivity index (χ1) is 26.8. The molecular formula is C48H41N3O. The smallest absolute Gasteiger partial charge is 0.149 e. The van der Waals surface area contributed by atoms with Gasteiger partial charge in [0.2, 0.25) is 0 Å². The van der Waals surface area contributed by atoms with Gasteiger partial charge in [-0.25, -0.2) is 4.98 Å². The average Bonchev–Trinajstić information content (AvgIpc) is 3.59. The predicted octanol–water partition coefficient (Wildman–Crippen LogP) is 12.4. The number of fused-ring (bicyclic) bond motifs is 1. The minimum atomic E-state index is -0.233. The Hall–Kier alpha value is -6.26. The first kappa shape index (κ1) is 28.4. The molecule has 0 aliphatic rings. The lowest BCUT2D eigenvalue weighted by molar-refractivity contribution is 0.477. The van der Waals surface area contributed by atoms with Gasteiger partial charge in [-0.3, -0.25) is 9.55 Å². The summed E-state index contributed by atoms with van der Waals surface area (Å²) in [5, 5.41) is 11.2.